The van der Waals surface area contributed by atoms with Gasteiger partial charge < -0.3 is 33.4 Å². The molecule has 0 aliphatic heterocycles. The molecule has 0 heterocycles. The average molecular weight is 435 g/mol. The Morgan fingerprint density at radius 1 is 0.767 bits per heavy atom. The van der Waals surface area contributed by atoms with Crippen LogP contribution in [0, 0.1) is 0 Å². The summed E-state index contributed by atoms with van der Waals surface area (Å²) >= 11 is 0. The number of hydrogen-bond acceptors (Lipinski definition) is 6. The quantitative estimate of drug-likeness (QED) is 0.234. The number of carbonyl (C=O) groups excluding carboxylic acids is 2. The third kappa shape index (κ3) is 14.0. The topological polar surface area (TPSA) is 127 Å². The van der Waals surface area contributed by atoms with Crippen LogP contribution in [0.25, 0.3) is 0 Å². The summed E-state index contributed by atoms with van der Waals surface area (Å²) in [5.74, 6) is -2.18. The van der Waals surface area contributed by atoms with Crippen molar-refractivity contribution >= 4 is 23.7 Å². The van der Waals surface area contributed by atoms with Crippen LogP contribution in [-0.2, 0) is 28.7 Å². The van der Waals surface area contributed by atoms with Crippen LogP contribution in [0.1, 0.15) is 32.6 Å². The summed E-state index contributed by atoms with van der Waals surface area (Å²) in [6, 6.07) is 0. The normalized spacial score (nSPS) is 15.1. The number of quaternary nitrogens is 2. The molecular weight excluding hydrogens is 396 g/mol. The number of carboxylic acid groups (broad SMARTS) is 2. The van der Waals surface area contributed by atoms with Gasteiger partial charge in [-0.15, -0.1) is 0 Å². The highest BCUT2D eigenvalue weighted by atomic mass is 16.5. The smallest absolute Gasteiger partial charge is 0.359 e. The van der Waals surface area contributed by atoms with Crippen molar-refractivity contribution in [2.45, 2.75) is 32.6 Å². The Bertz CT molecular complexity index is 583. The molecule has 10 heteroatoms. The van der Waals surface area contributed by atoms with Gasteiger partial charge in [-0.1, -0.05) is 0 Å². The number of Topliss-reactive ketones (excluding diaryl/α,β-unsaturated/α-hetero) is 1. The minimum absolute atomic E-state index is 0.0688. The highest BCUT2D eigenvalue weighted by Gasteiger charge is 2.27. The molecule has 0 aromatic heterocycles. The van der Waals surface area contributed by atoms with Gasteiger partial charge in [0.05, 0.1) is 40.2 Å². The Hall–Kier alpha value is -2.04. The molecule has 2 unspecified atom stereocenters. The zero-order valence-corrected chi connectivity index (χ0v) is 18.7. The number of rotatable bonds is 18. The maximum absolute atomic E-state index is 12.0. The molecule has 0 saturated heterocycles. The summed E-state index contributed by atoms with van der Waals surface area (Å²) in [4.78, 5) is 45.4. The van der Waals surface area contributed by atoms with Gasteiger partial charge in [0.25, 0.3) is 0 Å². The molecule has 0 saturated carbocycles. The summed E-state index contributed by atoms with van der Waals surface area (Å²) in [6.45, 7) is 3.74. The summed E-state index contributed by atoms with van der Waals surface area (Å²) < 4.78 is 10.7. The predicted octanol–water partition coefficient (Wildman–Crippen LogP) is 0.388. The van der Waals surface area contributed by atoms with E-state index in [1.165, 1.54) is 6.92 Å². The van der Waals surface area contributed by atoms with E-state index in [1.807, 2.05) is 7.05 Å². The number of aliphatic carboxylic acids is 2. The molecule has 2 N–H and O–H groups in total. The number of hydrogen-bond donors (Lipinski definition) is 2. The molecule has 0 rings (SSSR count). The van der Waals surface area contributed by atoms with Gasteiger partial charge in [-0.3, -0.25) is 4.79 Å². The second-order valence-electron chi connectivity index (χ2n) is 8.36. The van der Waals surface area contributed by atoms with E-state index < -0.39 is 17.9 Å². The monoisotopic (exact) mass is 434 g/mol. The Morgan fingerprint density at radius 2 is 1.23 bits per heavy atom. The highest BCUT2D eigenvalue weighted by Crippen LogP contribution is 2.10. The molecule has 0 bridgehead atoms. The molecule has 0 aromatic rings. The van der Waals surface area contributed by atoms with Crippen molar-refractivity contribution in [2.24, 2.45) is 0 Å². The van der Waals surface area contributed by atoms with Crippen molar-refractivity contribution in [3.8, 4) is 0 Å². The van der Waals surface area contributed by atoms with Gasteiger partial charge in [0, 0.05) is 26.4 Å². The molecule has 2 atom stereocenters. The first-order valence-corrected chi connectivity index (χ1v) is 10.2. The van der Waals surface area contributed by atoms with Crippen molar-refractivity contribution in [2.75, 3.05) is 73.7 Å². The Morgan fingerprint density at radius 3 is 1.70 bits per heavy atom. The maximum atomic E-state index is 12.0. The van der Waals surface area contributed by atoms with Crippen molar-refractivity contribution in [3.05, 3.63) is 0 Å². The lowest BCUT2D eigenvalue weighted by atomic mass is 10.2. The largest absolute Gasteiger partial charge is 0.477 e. The fourth-order valence-corrected chi connectivity index (χ4v) is 3.27. The van der Waals surface area contributed by atoms with Crippen molar-refractivity contribution < 1.29 is 47.8 Å². The standard InChI is InChI=1S/C20H36N2O8/c1-17(23)7-5-9-21(2,15-18(24)25)10-6-8-20(28)30-14-12-22(3,11-13-29-4)16-19(26)27/h5-16H2,1-4H3/p+2. The molecule has 0 fully saturated rings. The second-order valence-corrected chi connectivity index (χ2v) is 8.36. The molecule has 0 radical (unpaired) electrons. The van der Waals surface area contributed by atoms with Gasteiger partial charge in [-0.05, 0) is 6.92 Å². The SMILES string of the molecule is COCC[N+](C)(CCOC(=O)CCC[N+](C)(CCCC(C)=O)CC(=O)O)CC(=O)O. The van der Waals surface area contributed by atoms with Crippen LogP contribution in [0.3, 0.4) is 0 Å². The van der Waals surface area contributed by atoms with E-state index in [0.717, 1.165) is 0 Å². The Labute approximate surface area is 178 Å². The third-order valence-electron chi connectivity index (χ3n) is 5.07. The van der Waals surface area contributed by atoms with Gasteiger partial charge in [-0.25, -0.2) is 9.59 Å². The molecule has 10 nitrogen and oxygen atoms in total. The molecular formula is C20H38N2O8+2. The molecule has 0 aliphatic carbocycles. The number of esters is 1. The van der Waals surface area contributed by atoms with Crippen LogP contribution in [0.5, 0.6) is 0 Å². The van der Waals surface area contributed by atoms with Gasteiger partial charge in [-0.2, -0.15) is 0 Å². The minimum Gasteiger partial charge on any atom is -0.477 e. The first-order chi connectivity index (χ1) is 13.9. The third-order valence-corrected chi connectivity index (χ3v) is 5.07. The lowest BCUT2D eigenvalue weighted by Crippen LogP contribution is -2.51. The van der Waals surface area contributed by atoms with Gasteiger partial charge >= 0.3 is 17.9 Å². The summed E-state index contributed by atoms with van der Waals surface area (Å²) in [6.07, 6.45) is 1.63. The van der Waals surface area contributed by atoms with Crippen LogP contribution >= 0.6 is 0 Å². The number of methoxy groups -OCH3 is 1. The van der Waals surface area contributed by atoms with E-state index in [2.05, 4.69) is 0 Å². The average Bonchev–Trinajstić information content (AvgIpc) is 2.58. The van der Waals surface area contributed by atoms with Crippen LogP contribution in [0.2, 0.25) is 0 Å². The molecule has 0 aromatic carbocycles. The molecule has 30 heavy (non-hydrogen) atoms. The van der Waals surface area contributed by atoms with E-state index in [0.29, 0.717) is 52.0 Å². The van der Waals surface area contributed by atoms with Crippen LogP contribution < -0.4 is 0 Å². The van der Waals surface area contributed by atoms with Crippen molar-refractivity contribution in [3.63, 3.8) is 0 Å². The maximum Gasteiger partial charge on any atom is 0.359 e. The minimum atomic E-state index is -0.930. The van der Waals surface area contributed by atoms with Crippen molar-refractivity contribution in [1.29, 1.82) is 0 Å². The molecule has 174 valence electrons. The Balaban J connectivity index is 4.46. The first kappa shape index (κ1) is 28.0. The van der Waals surface area contributed by atoms with Crippen LogP contribution in [-0.4, -0.2) is 117 Å². The molecule has 0 amide bonds. The van der Waals surface area contributed by atoms with Gasteiger partial charge in [0.1, 0.15) is 25.5 Å². The molecule has 0 spiro atoms. The number of likely N-dealkylation sites (N-methyl/N-ethyl adjacent to an activating group) is 2. The van der Waals surface area contributed by atoms with E-state index >= 15 is 0 Å². The lowest BCUT2D eigenvalue weighted by Gasteiger charge is -2.33. The molecule has 0 aliphatic rings. The van der Waals surface area contributed by atoms with Crippen molar-refractivity contribution in [1.82, 2.24) is 0 Å². The summed E-state index contributed by atoms with van der Waals surface area (Å²) in [5.41, 5.74) is 0. The van der Waals surface area contributed by atoms with E-state index in [9.17, 15) is 19.2 Å². The van der Waals surface area contributed by atoms with E-state index in [4.69, 9.17) is 19.7 Å². The number of ether oxygens (including phenoxy) is 2. The number of nitrogens with zero attached hydrogens (tertiary/aromatic N) is 2. The fraction of sp³-hybridized carbons (Fsp3) is 0.800. The predicted molar refractivity (Wildman–Crippen MR) is 109 cm³/mol. The van der Waals surface area contributed by atoms with Gasteiger partial charge in [0.2, 0.25) is 0 Å². The zero-order chi connectivity index (χ0) is 23.2. The van der Waals surface area contributed by atoms with E-state index in [1.54, 1.807) is 14.2 Å². The highest BCUT2D eigenvalue weighted by molar-refractivity contribution is 5.75. The number of ketones is 1. The lowest BCUT2D eigenvalue weighted by molar-refractivity contribution is -0.903. The summed E-state index contributed by atoms with van der Waals surface area (Å²) in [5, 5.41) is 18.2. The van der Waals surface area contributed by atoms with Gasteiger partial charge in [0.15, 0.2) is 13.1 Å². The van der Waals surface area contributed by atoms with Crippen LogP contribution in [0.4, 0.5) is 0 Å². The Kier molecular flexibility index (Phi) is 13.1. The van der Waals surface area contributed by atoms with Crippen LogP contribution in [0.15, 0.2) is 0 Å². The fourth-order valence-electron chi connectivity index (χ4n) is 3.27. The number of carbonyl (C=O) groups is 4. The summed E-state index contributed by atoms with van der Waals surface area (Å²) in [7, 11) is 5.13. The van der Waals surface area contributed by atoms with E-state index in [-0.39, 0.29) is 40.9 Å². The number of carboxylic acids is 2. The first-order valence-electron chi connectivity index (χ1n) is 10.2. The second kappa shape index (κ2) is 14.1. The zero-order valence-electron chi connectivity index (χ0n) is 18.7.